The second-order valence-electron chi connectivity index (χ2n) is 10.8. The van der Waals surface area contributed by atoms with Crippen LogP contribution in [0.25, 0.3) is 89.5 Å². The highest BCUT2D eigenvalue weighted by Gasteiger charge is 2.16. The van der Waals surface area contributed by atoms with Gasteiger partial charge in [-0.2, -0.15) is 0 Å². The summed E-state index contributed by atoms with van der Waals surface area (Å²) in [4.78, 5) is 14.1. The minimum absolute atomic E-state index is 0.0115. The molecule has 0 aliphatic heterocycles. The summed E-state index contributed by atoms with van der Waals surface area (Å²) in [5.41, 5.74) is 1.05. The van der Waals surface area contributed by atoms with E-state index in [1.54, 1.807) is 36.4 Å². The maximum atomic E-state index is 9.42. The average molecular weight is 644 g/mol. The van der Waals surface area contributed by atoms with Gasteiger partial charge in [-0.25, -0.2) is 15.0 Å². The molecule has 0 amide bonds. The predicted molar refractivity (Wildman–Crippen MR) is 200 cm³/mol. The van der Waals surface area contributed by atoms with Crippen LogP contribution < -0.4 is 0 Å². The Bertz CT molecular complexity index is 3430. The van der Waals surface area contributed by atoms with Crippen molar-refractivity contribution < 1.29 is 26.3 Å². The Labute approximate surface area is 306 Å². The molecular formula is C45H29N3O. The molecule has 0 spiro atoms. The SMILES string of the molecule is [2H]c1c([2H])c([2H])c(-c2ccc(-c3nc(-c4ccc(-c5ccccc5)cc4)nc(-c4c([2H])c([2H])c5c(oc6c([2H])c([2H])c(-c7c([2H])c([2H])c([2H])c([2H])c7[2H])c([2H])c65)c4[2H])n3)cc2)c([2H])c1[2H]. The van der Waals surface area contributed by atoms with E-state index < -0.39 is 95.7 Å². The topological polar surface area (TPSA) is 51.8 Å². The first kappa shape index (κ1) is 16.4. The van der Waals surface area contributed by atoms with Gasteiger partial charge < -0.3 is 4.42 Å². The van der Waals surface area contributed by atoms with Crippen molar-refractivity contribution in [1.82, 2.24) is 15.0 Å². The maximum Gasteiger partial charge on any atom is 0.164 e. The van der Waals surface area contributed by atoms with Crippen LogP contribution in [-0.4, -0.2) is 15.0 Å². The van der Waals surface area contributed by atoms with Gasteiger partial charge in [0.15, 0.2) is 17.5 Å². The molecule has 0 N–H and O–H groups in total. The van der Waals surface area contributed by atoms with Crippen molar-refractivity contribution in [1.29, 1.82) is 0 Å². The van der Waals surface area contributed by atoms with E-state index >= 15 is 0 Å². The van der Waals surface area contributed by atoms with Crippen molar-refractivity contribution in [2.75, 3.05) is 0 Å². The first-order valence-electron chi connectivity index (χ1n) is 23.1. The number of fused-ring (bicyclic) bond motifs is 3. The number of hydrogen-bond donors (Lipinski definition) is 0. The third-order valence-electron chi connectivity index (χ3n) is 7.80. The molecule has 2 aromatic heterocycles. The largest absolute Gasteiger partial charge is 0.456 e. The summed E-state index contributed by atoms with van der Waals surface area (Å²) in [5.74, 6) is -0.0713. The van der Waals surface area contributed by atoms with Crippen molar-refractivity contribution >= 4 is 21.9 Å². The van der Waals surface area contributed by atoms with Gasteiger partial charge in [0.2, 0.25) is 0 Å². The van der Waals surface area contributed by atoms with E-state index in [0.29, 0.717) is 16.7 Å². The van der Waals surface area contributed by atoms with E-state index in [0.717, 1.165) is 11.1 Å². The second-order valence-corrected chi connectivity index (χ2v) is 10.8. The molecule has 2 heterocycles. The van der Waals surface area contributed by atoms with Crippen molar-refractivity contribution in [3.05, 3.63) is 176 Å². The summed E-state index contributed by atoms with van der Waals surface area (Å²) in [6.07, 6.45) is 0. The molecule has 9 rings (SSSR count). The molecule has 4 heteroatoms. The van der Waals surface area contributed by atoms with Crippen LogP contribution in [0.4, 0.5) is 0 Å². The van der Waals surface area contributed by atoms with Crippen molar-refractivity contribution in [2.24, 2.45) is 0 Å². The normalized spacial score (nSPS) is 15.8. The molecule has 0 radical (unpaired) electrons. The van der Waals surface area contributed by atoms with Gasteiger partial charge in [-0.15, -0.1) is 0 Å². The molecule has 0 saturated heterocycles. The number of hydrogen-bond acceptors (Lipinski definition) is 4. The van der Waals surface area contributed by atoms with E-state index in [4.69, 9.17) is 30.8 Å². The van der Waals surface area contributed by atoms with Crippen molar-refractivity contribution in [2.45, 2.75) is 0 Å². The minimum atomic E-state index is -0.718. The highest BCUT2D eigenvalue weighted by Crippen LogP contribution is 2.35. The summed E-state index contributed by atoms with van der Waals surface area (Å²) in [5, 5.41) is -0.517. The zero-order chi connectivity index (χ0) is 46.5. The Kier molecular flexibility index (Phi) is 4.09. The summed E-state index contributed by atoms with van der Waals surface area (Å²) < 4.78 is 143. The van der Waals surface area contributed by atoms with E-state index in [9.17, 15) is 5.48 Å². The van der Waals surface area contributed by atoms with Gasteiger partial charge in [0.25, 0.3) is 0 Å². The standard InChI is InChI=1S/C45H29N3O/c1-4-10-30(11-5-1)33-16-20-35(21-17-33)43-46-44(36-22-18-34(19-23-36)31-12-6-2-7-13-31)48-45(47-43)38-24-26-39-40-28-37(32-14-8-3-9-15-32)25-27-41(40)49-42(39)29-38/h1-29H/i1D,3D,4D,5D,8D,9D,10D,11D,14D,15D,24D,25D,26D,27D,28D,29D. The summed E-state index contributed by atoms with van der Waals surface area (Å²) in [7, 11) is 0. The van der Waals surface area contributed by atoms with Gasteiger partial charge in [0, 0.05) is 27.5 Å². The van der Waals surface area contributed by atoms with Crippen LogP contribution in [0.1, 0.15) is 21.9 Å². The lowest BCUT2D eigenvalue weighted by Crippen LogP contribution is -2.00. The highest BCUT2D eigenvalue weighted by molar-refractivity contribution is 6.07. The Morgan fingerprint density at radius 3 is 1.45 bits per heavy atom. The van der Waals surface area contributed by atoms with Crippen LogP contribution in [0.5, 0.6) is 0 Å². The monoisotopic (exact) mass is 643 g/mol. The third kappa shape index (κ3) is 5.56. The summed E-state index contributed by atoms with van der Waals surface area (Å²) in [6, 6.07) is 13.8. The third-order valence-corrected chi connectivity index (χ3v) is 7.80. The average Bonchev–Trinajstić information content (AvgIpc) is 3.74. The van der Waals surface area contributed by atoms with E-state index in [-0.39, 0.29) is 62.6 Å². The lowest BCUT2D eigenvalue weighted by Gasteiger charge is -2.10. The van der Waals surface area contributed by atoms with Crippen LogP contribution in [0.3, 0.4) is 0 Å². The minimum Gasteiger partial charge on any atom is -0.456 e. The van der Waals surface area contributed by atoms with E-state index in [1.165, 1.54) is 0 Å². The molecule has 0 bridgehead atoms. The Hall–Kier alpha value is -6.65. The lowest BCUT2D eigenvalue weighted by molar-refractivity contribution is 0.669. The smallest absolute Gasteiger partial charge is 0.164 e. The first-order valence-corrected chi connectivity index (χ1v) is 15.1. The molecule has 49 heavy (non-hydrogen) atoms. The van der Waals surface area contributed by atoms with Crippen LogP contribution in [-0.2, 0) is 0 Å². The Balaban J connectivity index is 1.26. The zero-order valence-electron chi connectivity index (χ0n) is 41.3. The number of nitrogens with zero attached hydrogens (tertiary/aromatic N) is 3. The van der Waals surface area contributed by atoms with Gasteiger partial charge in [0.05, 0.1) is 21.9 Å². The van der Waals surface area contributed by atoms with Gasteiger partial charge >= 0.3 is 0 Å². The molecule has 0 saturated carbocycles. The van der Waals surface area contributed by atoms with Crippen LogP contribution >= 0.6 is 0 Å². The van der Waals surface area contributed by atoms with Crippen LogP contribution in [0.15, 0.2) is 180 Å². The fraction of sp³-hybridized carbons (Fsp3) is 0. The molecule has 9 aromatic rings. The van der Waals surface area contributed by atoms with Crippen LogP contribution in [0.2, 0.25) is 0 Å². The second kappa shape index (κ2) is 12.2. The molecule has 0 aliphatic carbocycles. The lowest BCUT2D eigenvalue weighted by atomic mass is 10.0. The Morgan fingerprint density at radius 2 is 0.837 bits per heavy atom. The Morgan fingerprint density at radius 1 is 0.347 bits per heavy atom. The van der Waals surface area contributed by atoms with E-state index in [1.807, 2.05) is 42.5 Å². The fourth-order valence-corrected chi connectivity index (χ4v) is 5.37. The fourth-order valence-electron chi connectivity index (χ4n) is 5.37. The van der Waals surface area contributed by atoms with E-state index in [2.05, 4.69) is 4.98 Å². The van der Waals surface area contributed by atoms with Crippen molar-refractivity contribution in [3.63, 3.8) is 0 Å². The molecule has 7 aromatic carbocycles. The number of benzene rings is 7. The zero-order valence-corrected chi connectivity index (χ0v) is 25.3. The van der Waals surface area contributed by atoms with Gasteiger partial charge in [-0.05, 0) is 57.6 Å². The summed E-state index contributed by atoms with van der Waals surface area (Å²) in [6.45, 7) is 0. The highest BCUT2D eigenvalue weighted by atomic mass is 16.3. The first-order chi connectivity index (χ1) is 30.9. The van der Waals surface area contributed by atoms with Crippen LogP contribution in [0, 0.1) is 0 Å². The van der Waals surface area contributed by atoms with Crippen molar-refractivity contribution in [3.8, 4) is 67.5 Å². The molecular weight excluding hydrogens is 599 g/mol. The molecule has 4 nitrogen and oxygen atoms in total. The number of furan rings is 1. The molecule has 0 unspecified atom stereocenters. The molecule has 0 aliphatic rings. The molecule has 0 atom stereocenters. The quantitative estimate of drug-likeness (QED) is 0.181. The number of rotatable bonds is 6. The molecule has 230 valence electrons. The van der Waals surface area contributed by atoms with Gasteiger partial charge in [-0.3, -0.25) is 0 Å². The summed E-state index contributed by atoms with van der Waals surface area (Å²) >= 11 is 0. The van der Waals surface area contributed by atoms with Gasteiger partial charge in [0.1, 0.15) is 11.2 Å². The number of aromatic nitrogens is 3. The molecule has 0 fully saturated rings. The maximum absolute atomic E-state index is 9.42. The predicted octanol–water partition coefficient (Wildman–Crippen LogP) is 11.8. The van der Waals surface area contributed by atoms with Gasteiger partial charge in [-0.1, -0.05) is 151 Å².